The summed E-state index contributed by atoms with van der Waals surface area (Å²) < 4.78 is 38.5. The van der Waals surface area contributed by atoms with Crippen LogP contribution in [0.5, 0.6) is 0 Å². The Bertz CT molecular complexity index is 1080. The van der Waals surface area contributed by atoms with Crippen LogP contribution in [0.2, 0.25) is 0 Å². The Labute approximate surface area is 180 Å². The molecule has 1 atom stereocenters. The average molecular weight is 446 g/mol. The molecule has 2 aliphatic heterocycles. The molecule has 0 saturated carbocycles. The van der Waals surface area contributed by atoms with Gasteiger partial charge in [-0.05, 0) is 61.8 Å². The third kappa shape index (κ3) is 4.62. The van der Waals surface area contributed by atoms with Crippen LogP contribution in [0.15, 0.2) is 48.5 Å². The summed E-state index contributed by atoms with van der Waals surface area (Å²) in [5.41, 5.74) is 1.36. The van der Waals surface area contributed by atoms with E-state index in [1.165, 1.54) is 24.3 Å². The summed E-state index contributed by atoms with van der Waals surface area (Å²) in [4.78, 5) is 27.1. The summed E-state index contributed by atoms with van der Waals surface area (Å²) in [6.07, 6.45) is 2.09. The maximum atomic E-state index is 13.4. The topological polar surface area (TPSA) is 86.8 Å². The summed E-state index contributed by atoms with van der Waals surface area (Å²) in [6, 6.07) is 12.3. The van der Waals surface area contributed by atoms with Crippen molar-refractivity contribution in [1.82, 2.24) is 10.2 Å². The molecule has 0 bridgehead atoms. The fourth-order valence-corrected chi connectivity index (χ4v) is 5.58. The summed E-state index contributed by atoms with van der Waals surface area (Å²) >= 11 is 0. The summed E-state index contributed by atoms with van der Waals surface area (Å²) in [6.45, 7) is 2.14. The van der Waals surface area contributed by atoms with Gasteiger partial charge >= 0.3 is 0 Å². The molecule has 31 heavy (non-hydrogen) atoms. The first-order valence-electron chi connectivity index (χ1n) is 10.3. The van der Waals surface area contributed by atoms with Crippen LogP contribution in [0.1, 0.15) is 41.2 Å². The molecule has 2 aliphatic rings. The zero-order valence-electron chi connectivity index (χ0n) is 17.0. The van der Waals surface area contributed by atoms with Crippen molar-refractivity contribution in [2.45, 2.75) is 25.3 Å². The second-order valence-corrected chi connectivity index (χ2v) is 9.73. The van der Waals surface area contributed by atoms with E-state index in [4.69, 9.17) is 0 Å². The second kappa shape index (κ2) is 8.76. The number of halogens is 1. The number of anilines is 1. The molecule has 0 aromatic heterocycles. The van der Waals surface area contributed by atoms with Crippen LogP contribution in [0.4, 0.5) is 10.1 Å². The molecule has 164 valence electrons. The molecule has 2 aromatic rings. The van der Waals surface area contributed by atoms with Crippen molar-refractivity contribution >= 4 is 27.5 Å². The van der Waals surface area contributed by atoms with E-state index in [1.54, 1.807) is 24.3 Å². The Morgan fingerprint density at radius 2 is 1.81 bits per heavy atom. The molecule has 0 unspecified atom stereocenters. The predicted octanol–water partition coefficient (Wildman–Crippen LogP) is 2.46. The zero-order valence-corrected chi connectivity index (χ0v) is 17.8. The Balaban J connectivity index is 1.50. The molecule has 7 nitrogen and oxygen atoms in total. The number of benzene rings is 2. The van der Waals surface area contributed by atoms with Gasteiger partial charge in [-0.2, -0.15) is 0 Å². The average Bonchev–Trinajstić information content (AvgIpc) is 3.37. The Hall–Kier alpha value is -2.78. The van der Waals surface area contributed by atoms with Gasteiger partial charge in [0.05, 0.1) is 17.5 Å². The molecule has 2 fully saturated rings. The van der Waals surface area contributed by atoms with Crippen LogP contribution < -0.4 is 9.62 Å². The lowest BCUT2D eigenvalue weighted by atomic mass is 10.0. The van der Waals surface area contributed by atoms with Gasteiger partial charge in [-0.1, -0.05) is 18.2 Å². The first kappa shape index (κ1) is 21.5. The molecule has 0 aliphatic carbocycles. The van der Waals surface area contributed by atoms with Crippen molar-refractivity contribution in [3.05, 3.63) is 65.5 Å². The number of nitrogens with zero attached hydrogens (tertiary/aromatic N) is 2. The zero-order chi connectivity index (χ0) is 22.0. The van der Waals surface area contributed by atoms with Crippen molar-refractivity contribution in [1.29, 1.82) is 0 Å². The van der Waals surface area contributed by atoms with Gasteiger partial charge < -0.3 is 5.32 Å². The fraction of sp³-hybridized carbons (Fsp3) is 0.364. The minimum absolute atomic E-state index is 0.0616. The molecule has 0 radical (unpaired) electrons. The molecule has 2 amide bonds. The van der Waals surface area contributed by atoms with Crippen LogP contribution >= 0.6 is 0 Å². The molecule has 4 rings (SSSR count). The van der Waals surface area contributed by atoms with Gasteiger partial charge in [-0.25, -0.2) is 17.1 Å². The number of nitrogens with one attached hydrogen (secondary N) is 1. The van der Waals surface area contributed by atoms with Crippen LogP contribution in [-0.4, -0.2) is 50.5 Å². The highest BCUT2D eigenvalue weighted by atomic mass is 32.2. The van der Waals surface area contributed by atoms with E-state index in [0.29, 0.717) is 6.54 Å². The first-order chi connectivity index (χ1) is 14.8. The number of sulfonamides is 1. The lowest BCUT2D eigenvalue weighted by Crippen LogP contribution is -2.37. The Morgan fingerprint density at radius 1 is 1.10 bits per heavy atom. The summed E-state index contributed by atoms with van der Waals surface area (Å²) in [7, 11) is -3.69. The van der Waals surface area contributed by atoms with Gasteiger partial charge in [0.2, 0.25) is 15.9 Å². The van der Waals surface area contributed by atoms with Gasteiger partial charge in [0, 0.05) is 18.5 Å². The van der Waals surface area contributed by atoms with Crippen LogP contribution in [-0.2, 0) is 14.8 Å². The molecular formula is C22H24FN3O4S. The highest BCUT2D eigenvalue weighted by Gasteiger charge is 2.36. The van der Waals surface area contributed by atoms with E-state index >= 15 is 0 Å². The highest BCUT2D eigenvalue weighted by molar-refractivity contribution is 7.94. The van der Waals surface area contributed by atoms with Crippen molar-refractivity contribution in [2.75, 3.05) is 29.7 Å². The van der Waals surface area contributed by atoms with Gasteiger partial charge in [-0.15, -0.1) is 0 Å². The molecule has 2 aromatic carbocycles. The monoisotopic (exact) mass is 445 g/mol. The Morgan fingerprint density at radius 3 is 2.45 bits per heavy atom. The minimum atomic E-state index is -3.69. The molecule has 0 spiro atoms. The minimum Gasteiger partial charge on any atom is -0.350 e. The molecular weight excluding hydrogens is 421 g/mol. The highest BCUT2D eigenvalue weighted by Crippen LogP contribution is 2.27. The van der Waals surface area contributed by atoms with Gasteiger partial charge in [-0.3, -0.25) is 14.5 Å². The van der Waals surface area contributed by atoms with Crippen LogP contribution in [0, 0.1) is 5.82 Å². The maximum Gasteiger partial charge on any atom is 0.251 e. The number of rotatable bonds is 6. The van der Waals surface area contributed by atoms with Crippen molar-refractivity contribution < 1.29 is 22.4 Å². The van der Waals surface area contributed by atoms with Gasteiger partial charge in [0.25, 0.3) is 5.91 Å². The van der Waals surface area contributed by atoms with Crippen molar-refractivity contribution in [3.8, 4) is 0 Å². The first-order valence-corrected chi connectivity index (χ1v) is 11.9. The normalized spacial score (nSPS) is 19.5. The predicted molar refractivity (Wildman–Crippen MR) is 115 cm³/mol. The SMILES string of the molecule is O=C(NC[C@@H](c1ccc(F)cc1)N1CCCC1)c1cccc(N2C(=O)CCS2(=O)=O)c1. The van der Waals surface area contributed by atoms with E-state index in [1.807, 2.05) is 0 Å². The molecule has 9 heteroatoms. The van der Waals surface area contributed by atoms with Gasteiger partial charge in [0.1, 0.15) is 5.82 Å². The smallest absolute Gasteiger partial charge is 0.251 e. The summed E-state index contributed by atoms with van der Waals surface area (Å²) in [5.74, 6) is -1.39. The number of hydrogen-bond donors (Lipinski definition) is 1. The van der Waals surface area contributed by atoms with E-state index in [0.717, 1.165) is 35.8 Å². The molecule has 1 N–H and O–H groups in total. The molecule has 2 heterocycles. The number of amides is 2. The quantitative estimate of drug-likeness (QED) is 0.738. The number of carbonyl (C=O) groups is 2. The third-order valence-corrected chi connectivity index (χ3v) is 7.40. The maximum absolute atomic E-state index is 13.4. The van der Waals surface area contributed by atoms with Crippen LogP contribution in [0.3, 0.4) is 0 Å². The van der Waals surface area contributed by atoms with Crippen molar-refractivity contribution in [3.63, 3.8) is 0 Å². The third-order valence-electron chi connectivity index (χ3n) is 5.71. The van der Waals surface area contributed by atoms with E-state index < -0.39 is 15.9 Å². The molecule has 2 saturated heterocycles. The van der Waals surface area contributed by atoms with E-state index in [9.17, 15) is 22.4 Å². The fourth-order valence-electron chi connectivity index (χ4n) is 4.13. The standard InChI is InChI=1S/C22H24FN3O4S/c23-18-8-6-16(7-9-18)20(25-11-1-2-12-25)15-24-22(28)17-4-3-5-19(14-17)26-21(27)10-13-31(26,29)30/h3-9,14,20H,1-2,10-13,15H2,(H,24,28)/t20-/m0/s1. The Kier molecular flexibility index (Phi) is 6.06. The van der Waals surface area contributed by atoms with Crippen LogP contribution in [0.25, 0.3) is 0 Å². The van der Waals surface area contributed by atoms with E-state index in [-0.39, 0.29) is 41.2 Å². The number of carbonyl (C=O) groups excluding carboxylic acids is 2. The lowest BCUT2D eigenvalue weighted by Gasteiger charge is -2.28. The lowest BCUT2D eigenvalue weighted by molar-refractivity contribution is -0.116. The van der Waals surface area contributed by atoms with E-state index in [2.05, 4.69) is 10.2 Å². The second-order valence-electron chi connectivity index (χ2n) is 7.79. The summed E-state index contributed by atoms with van der Waals surface area (Å²) in [5, 5.41) is 2.91. The van der Waals surface area contributed by atoms with Gasteiger partial charge in [0.15, 0.2) is 0 Å². The van der Waals surface area contributed by atoms with Crippen molar-refractivity contribution in [2.24, 2.45) is 0 Å². The number of likely N-dealkylation sites (tertiary alicyclic amines) is 1. The largest absolute Gasteiger partial charge is 0.350 e. The number of hydrogen-bond acceptors (Lipinski definition) is 5.